The van der Waals surface area contributed by atoms with Crippen molar-refractivity contribution in [3.05, 3.63) is 44.8 Å². The quantitative estimate of drug-likeness (QED) is 0.510. The number of aliphatic hydroxyl groups excluding tert-OH is 1. The van der Waals surface area contributed by atoms with Gasteiger partial charge < -0.3 is 9.84 Å². The van der Waals surface area contributed by atoms with Crippen molar-refractivity contribution >= 4 is 51.4 Å². The minimum atomic E-state index is -0.569. The van der Waals surface area contributed by atoms with Crippen LogP contribution >= 0.6 is 0 Å². The predicted octanol–water partition coefficient (Wildman–Crippen LogP) is -1.36. The normalized spacial score (nSPS) is 22.5. The molecule has 1 aromatic heterocycles. The molecule has 2 atom stereocenters. The van der Waals surface area contributed by atoms with Gasteiger partial charge in [0, 0.05) is 11.8 Å². The van der Waals surface area contributed by atoms with Crippen molar-refractivity contribution in [3.63, 3.8) is 0 Å². The van der Waals surface area contributed by atoms with Gasteiger partial charge in [-0.3, -0.25) is 14.3 Å². The van der Waals surface area contributed by atoms with Crippen molar-refractivity contribution in [2.75, 3.05) is 6.61 Å². The van der Waals surface area contributed by atoms with E-state index in [4.69, 9.17) is 9.84 Å². The first-order valence-electron chi connectivity index (χ1n) is 4.88. The molecular formula is C10H13KN2O4. The third kappa shape index (κ3) is 3.25. The molecule has 17 heavy (non-hydrogen) atoms. The molecule has 1 aromatic rings. The van der Waals surface area contributed by atoms with Crippen molar-refractivity contribution in [1.82, 2.24) is 9.55 Å². The van der Waals surface area contributed by atoms with E-state index < -0.39 is 23.6 Å². The molecule has 6 nitrogen and oxygen atoms in total. The minimum absolute atomic E-state index is 0. The van der Waals surface area contributed by atoms with Gasteiger partial charge in [0.05, 0.1) is 6.61 Å². The van der Waals surface area contributed by atoms with Crippen LogP contribution in [0.5, 0.6) is 0 Å². The SMILES string of the molecule is Cc1cn([C@H]2C=C[C@@H](CO)O2)c(=O)[nH]c1=O.[KH]. The van der Waals surface area contributed by atoms with Crippen LogP contribution in [-0.4, -0.2) is 78.8 Å². The Hall–Kier alpha value is -0.0236. The average Bonchev–Trinajstić information content (AvgIpc) is 2.71. The summed E-state index contributed by atoms with van der Waals surface area (Å²) in [5.41, 5.74) is -0.491. The standard InChI is InChI=1S/C10H12N2O4.K.H/c1-6-4-12(10(15)11-9(6)14)8-3-2-7(5-13)16-8;;/h2-4,7-8,13H,5H2,1H3,(H,11,14,15);;/t7-,8+;;/m0../s1. The fourth-order valence-electron chi connectivity index (χ4n) is 1.53. The van der Waals surface area contributed by atoms with Crippen LogP contribution in [0, 0.1) is 6.92 Å². The zero-order valence-corrected chi connectivity index (χ0v) is 8.71. The van der Waals surface area contributed by atoms with Crippen molar-refractivity contribution < 1.29 is 9.84 Å². The number of aromatic nitrogens is 2. The molecule has 1 aliphatic heterocycles. The molecule has 2 rings (SSSR count). The number of aryl methyl sites for hydroxylation is 1. The summed E-state index contributed by atoms with van der Waals surface area (Å²) in [5, 5.41) is 8.88. The number of rotatable bonds is 2. The van der Waals surface area contributed by atoms with Crippen molar-refractivity contribution in [2.24, 2.45) is 0 Å². The van der Waals surface area contributed by atoms with Gasteiger partial charge in [0.15, 0.2) is 6.23 Å². The Bertz CT molecular complexity index is 534. The van der Waals surface area contributed by atoms with Crippen molar-refractivity contribution in [3.8, 4) is 0 Å². The van der Waals surface area contributed by atoms with E-state index in [0.29, 0.717) is 5.56 Å². The van der Waals surface area contributed by atoms with E-state index in [1.165, 1.54) is 10.8 Å². The van der Waals surface area contributed by atoms with Crippen LogP contribution in [0.4, 0.5) is 0 Å². The summed E-state index contributed by atoms with van der Waals surface area (Å²) < 4.78 is 6.63. The number of hydrogen-bond acceptors (Lipinski definition) is 4. The van der Waals surface area contributed by atoms with E-state index in [1.54, 1.807) is 19.1 Å². The number of aromatic amines is 1. The topological polar surface area (TPSA) is 84.3 Å². The number of nitrogens with zero attached hydrogens (tertiary/aromatic N) is 1. The van der Waals surface area contributed by atoms with E-state index in [2.05, 4.69) is 4.98 Å². The van der Waals surface area contributed by atoms with Crippen LogP contribution in [0.3, 0.4) is 0 Å². The molecule has 0 saturated heterocycles. The molecule has 88 valence electrons. The number of aliphatic hydroxyl groups is 1. The Morgan fingerprint density at radius 1 is 1.47 bits per heavy atom. The van der Waals surface area contributed by atoms with Gasteiger partial charge in [0.25, 0.3) is 5.56 Å². The molecule has 2 heterocycles. The van der Waals surface area contributed by atoms with E-state index >= 15 is 0 Å². The number of nitrogens with one attached hydrogen (secondary N) is 1. The molecule has 0 aliphatic carbocycles. The summed E-state index contributed by atoms with van der Waals surface area (Å²) in [5.74, 6) is 0. The van der Waals surface area contributed by atoms with Crippen LogP contribution in [0.2, 0.25) is 0 Å². The summed E-state index contributed by atoms with van der Waals surface area (Å²) in [7, 11) is 0. The maximum atomic E-state index is 11.5. The van der Waals surface area contributed by atoms with Crippen LogP contribution < -0.4 is 11.2 Å². The molecule has 0 radical (unpaired) electrons. The van der Waals surface area contributed by atoms with Crippen LogP contribution in [0.25, 0.3) is 0 Å². The van der Waals surface area contributed by atoms with Gasteiger partial charge in [-0.2, -0.15) is 0 Å². The molecule has 0 amide bonds. The van der Waals surface area contributed by atoms with Crippen molar-refractivity contribution in [2.45, 2.75) is 19.3 Å². The Morgan fingerprint density at radius 3 is 2.76 bits per heavy atom. The summed E-state index contributed by atoms with van der Waals surface area (Å²) in [6, 6.07) is 0. The second-order valence-electron chi connectivity index (χ2n) is 3.61. The second-order valence-corrected chi connectivity index (χ2v) is 3.61. The van der Waals surface area contributed by atoms with E-state index in [-0.39, 0.29) is 58.0 Å². The fraction of sp³-hybridized carbons (Fsp3) is 0.400. The van der Waals surface area contributed by atoms with Gasteiger partial charge in [0.2, 0.25) is 0 Å². The van der Waals surface area contributed by atoms with Crippen LogP contribution in [-0.2, 0) is 4.74 Å². The van der Waals surface area contributed by atoms with Crippen LogP contribution in [0.1, 0.15) is 11.8 Å². The molecule has 0 spiro atoms. The van der Waals surface area contributed by atoms with Gasteiger partial charge in [-0.1, -0.05) is 6.08 Å². The van der Waals surface area contributed by atoms with Gasteiger partial charge in [-0.15, -0.1) is 0 Å². The predicted molar refractivity (Wildman–Crippen MR) is 63.3 cm³/mol. The third-order valence-corrected chi connectivity index (χ3v) is 2.40. The Morgan fingerprint density at radius 2 is 2.18 bits per heavy atom. The maximum absolute atomic E-state index is 11.5. The zero-order chi connectivity index (χ0) is 11.7. The first-order valence-corrected chi connectivity index (χ1v) is 4.88. The van der Waals surface area contributed by atoms with Gasteiger partial charge >= 0.3 is 57.1 Å². The first-order chi connectivity index (χ1) is 7.61. The molecule has 0 aromatic carbocycles. The Labute approximate surface area is 140 Å². The molecule has 2 N–H and O–H groups in total. The fourth-order valence-corrected chi connectivity index (χ4v) is 1.53. The first kappa shape index (κ1) is 15.0. The summed E-state index contributed by atoms with van der Waals surface area (Å²) in [6.07, 6.45) is 3.82. The van der Waals surface area contributed by atoms with Crippen molar-refractivity contribution in [1.29, 1.82) is 0 Å². The molecule has 7 heteroatoms. The van der Waals surface area contributed by atoms with E-state index in [0.717, 1.165) is 0 Å². The van der Waals surface area contributed by atoms with E-state index in [9.17, 15) is 9.59 Å². The average molecular weight is 264 g/mol. The molecule has 0 bridgehead atoms. The zero-order valence-electron chi connectivity index (χ0n) is 8.71. The molecule has 0 unspecified atom stereocenters. The molecule has 0 saturated carbocycles. The second kappa shape index (κ2) is 6.23. The molecule has 0 fully saturated rings. The van der Waals surface area contributed by atoms with Gasteiger partial charge in [0.1, 0.15) is 6.10 Å². The van der Waals surface area contributed by atoms with Gasteiger partial charge in [-0.05, 0) is 13.0 Å². The number of ether oxygens (including phenoxy) is 1. The number of H-pyrrole nitrogens is 1. The third-order valence-electron chi connectivity index (χ3n) is 2.40. The Kier molecular flexibility index (Phi) is 5.51. The van der Waals surface area contributed by atoms with Crippen LogP contribution in [0.15, 0.2) is 27.9 Å². The monoisotopic (exact) mass is 264 g/mol. The molecule has 1 aliphatic rings. The number of hydrogen-bond donors (Lipinski definition) is 2. The molecular weight excluding hydrogens is 251 g/mol. The van der Waals surface area contributed by atoms with E-state index in [1.807, 2.05) is 0 Å². The summed E-state index contributed by atoms with van der Waals surface area (Å²) >= 11 is 0. The summed E-state index contributed by atoms with van der Waals surface area (Å²) in [4.78, 5) is 24.9. The summed E-state index contributed by atoms with van der Waals surface area (Å²) in [6.45, 7) is 1.47. The Balaban J connectivity index is 0.00000144. The van der Waals surface area contributed by atoms with Gasteiger partial charge in [-0.25, -0.2) is 4.79 Å².